The Morgan fingerprint density at radius 3 is 1.94 bits per heavy atom. The Hall–Kier alpha value is -3.41. The molecule has 0 N–H and O–H groups in total. The largest absolute Gasteiger partial charge is 0.466 e. The molecular weight excluding hydrogens is 418 g/mol. The van der Waals surface area contributed by atoms with Crippen LogP contribution in [0.4, 0.5) is 0 Å². The predicted octanol–water partition coefficient (Wildman–Crippen LogP) is 5.38. The second-order valence-electron chi connectivity index (χ2n) is 7.69. The van der Waals surface area contributed by atoms with Crippen LogP contribution in [-0.4, -0.2) is 35.8 Å². The van der Waals surface area contributed by atoms with Crippen LogP contribution in [0.15, 0.2) is 60.7 Å². The molecule has 6 nitrogen and oxygen atoms in total. The molecule has 0 fully saturated rings. The topological polar surface area (TPSA) is 72.9 Å². The Labute approximate surface area is 196 Å². The highest BCUT2D eigenvalue weighted by molar-refractivity contribution is 6.12. The van der Waals surface area contributed by atoms with Crippen molar-refractivity contribution in [3.63, 3.8) is 0 Å². The third kappa shape index (κ3) is 9.31. The average molecular weight is 452 g/mol. The molecule has 2 aromatic rings. The van der Waals surface area contributed by atoms with Gasteiger partial charge in [-0.15, -0.1) is 0 Å². The highest BCUT2D eigenvalue weighted by Gasteiger charge is 2.22. The van der Waals surface area contributed by atoms with Crippen molar-refractivity contribution >= 4 is 17.8 Å². The second kappa shape index (κ2) is 13.9. The summed E-state index contributed by atoms with van der Waals surface area (Å²) >= 11 is 0. The first-order valence-corrected chi connectivity index (χ1v) is 11.5. The summed E-state index contributed by atoms with van der Waals surface area (Å²) in [6, 6.07) is 16.3. The number of aryl methyl sites for hydroxylation is 2. The number of ether oxygens (including phenoxy) is 2. The van der Waals surface area contributed by atoms with Crippen molar-refractivity contribution < 1.29 is 23.9 Å². The fourth-order valence-electron chi connectivity index (χ4n) is 3.14. The summed E-state index contributed by atoms with van der Waals surface area (Å²) in [4.78, 5) is 34.6. The van der Waals surface area contributed by atoms with Crippen LogP contribution in [0.5, 0.6) is 11.5 Å². The van der Waals surface area contributed by atoms with Crippen LogP contribution in [0.2, 0.25) is 0 Å². The molecule has 0 aromatic heterocycles. The summed E-state index contributed by atoms with van der Waals surface area (Å²) in [6.07, 6.45) is 6.26. The third-order valence-corrected chi connectivity index (χ3v) is 5.06. The number of esters is 1. The molecule has 1 aliphatic rings. The van der Waals surface area contributed by atoms with Gasteiger partial charge in [-0.05, 0) is 62.9 Å². The Morgan fingerprint density at radius 1 is 0.818 bits per heavy atom. The zero-order valence-electron chi connectivity index (χ0n) is 19.7. The van der Waals surface area contributed by atoms with Crippen LogP contribution in [0.3, 0.4) is 0 Å². The van der Waals surface area contributed by atoms with Crippen molar-refractivity contribution in [1.29, 1.82) is 0 Å². The van der Waals surface area contributed by atoms with Gasteiger partial charge in [-0.1, -0.05) is 43.2 Å². The average Bonchev–Trinajstić information content (AvgIpc) is 3.13. The maximum absolute atomic E-state index is 11.2. The van der Waals surface area contributed by atoms with E-state index < -0.39 is 0 Å². The van der Waals surface area contributed by atoms with Gasteiger partial charge in [0.2, 0.25) is 0 Å². The molecule has 0 radical (unpaired) electrons. The molecule has 2 amide bonds. The molecular formula is C27H33NO5. The quantitative estimate of drug-likeness (QED) is 0.275. The van der Waals surface area contributed by atoms with Crippen molar-refractivity contribution in [2.45, 2.75) is 52.9 Å². The molecule has 6 heteroatoms. The molecule has 3 rings (SSSR count). The van der Waals surface area contributed by atoms with Crippen molar-refractivity contribution in [1.82, 2.24) is 4.90 Å². The highest BCUT2D eigenvalue weighted by Crippen LogP contribution is 2.22. The van der Waals surface area contributed by atoms with Gasteiger partial charge < -0.3 is 9.47 Å². The molecule has 2 aromatic carbocycles. The van der Waals surface area contributed by atoms with Crippen LogP contribution in [0.25, 0.3) is 0 Å². The number of carbonyl (C=O) groups is 3. The van der Waals surface area contributed by atoms with Gasteiger partial charge in [0, 0.05) is 25.1 Å². The number of benzene rings is 2. The molecule has 0 saturated heterocycles. The minimum absolute atomic E-state index is 0.192. The minimum atomic E-state index is -0.250. The normalized spacial score (nSPS) is 12.4. The molecule has 1 heterocycles. The number of nitrogens with zero attached hydrogens (tertiary/aromatic N) is 1. The van der Waals surface area contributed by atoms with Crippen LogP contribution in [0.1, 0.15) is 50.7 Å². The molecule has 0 saturated carbocycles. The molecule has 33 heavy (non-hydrogen) atoms. The van der Waals surface area contributed by atoms with E-state index in [1.54, 1.807) is 6.92 Å². The van der Waals surface area contributed by atoms with Gasteiger partial charge in [0.25, 0.3) is 11.8 Å². The lowest BCUT2D eigenvalue weighted by Gasteiger charge is -2.12. The maximum atomic E-state index is 11.2. The number of carbonyl (C=O) groups excluding carboxylic acids is 3. The van der Waals surface area contributed by atoms with Gasteiger partial charge in [-0.3, -0.25) is 19.3 Å². The molecule has 0 unspecified atom stereocenters. The molecule has 0 bridgehead atoms. The first-order valence-electron chi connectivity index (χ1n) is 11.5. The number of amides is 2. The molecule has 1 aliphatic heterocycles. The van der Waals surface area contributed by atoms with Gasteiger partial charge in [-0.25, -0.2) is 0 Å². The van der Waals surface area contributed by atoms with Crippen LogP contribution < -0.4 is 4.74 Å². The Kier molecular flexibility index (Phi) is 10.9. The lowest BCUT2D eigenvalue weighted by Crippen LogP contribution is -2.30. The summed E-state index contributed by atoms with van der Waals surface area (Å²) in [6.45, 7) is 6.82. The van der Waals surface area contributed by atoms with Gasteiger partial charge >= 0.3 is 5.97 Å². The zero-order valence-corrected chi connectivity index (χ0v) is 19.7. The van der Waals surface area contributed by atoms with E-state index in [2.05, 4.69) is 38.1 Å². The van der Waals surface area contributed by atoms with E-state index in [1.165, 1.54) is 28.2 Å². The van der Waals surface area contributed by atoms with Gasteiger partial charge in [0.15, 0.2) is 0 Å². The van der Waals surface area contributed by atoms with E-state index in [9.17, 15) is 14.4 Å². The fourth-order valence-corrected chi connectivity index (χ4v) is 3.14. The Morgan fingerprint density at radius 2 is 1.39 bits per heavy atom. The standard InChI is InChI=1S/C15H16O.C12H17NO4/c1-3-13-6-10-15(11-7-13)16-14-8-4-12(2)5-9-14;1-2-17-12(16)6-4-3-5-9-13-10(14)7-8-11(13)15/h4-11H,3H2,1-2H3;7-8H,2-6,9H2,1H3. The van der Waals surface area contributed by atoms with Crippen molar-refractivity contribution in [2.24, 2.45) is 0 Å². The summed E-state index contributed by atoms with van der Waals surface area (Å²) in [7, 11) is 0. The number of unbranched alkanes of at least 4 members (excludes halogenated alkanes) is 2. The first-order chi connectivity index (χ1) is 15.9. The van der Waals surface area contributed by atoms with E-state index in [-0.39, 0.29) is 17.8 Å². The summed E-state index contributed by atoms with van der Waals surface area (Å²) in [5.41, 5.74) is 2.57. The predicted molar refractivity (Wildman–Crippen MR) is 128 cm³/mol. The van der Waals surface area contributed by atoms with Crippen LogP contribution >= 0.6 is 0 Å². The maximum Gasteiger partial charge on any atom is 0.305 e. The molecule has 0 aliphatic carbocycles. The van der Waals surface area contributed by atoms with Crippen molar-refractivity contribution in [2.75, 3.05) is 13.2 Å². The fraction of sp³-hybridized carbons (Fsp3) is 0.370. The highest BCUT2D eigenvalue weighted by atomic mass is 16.5. The van der Waals surface area contributed by atoms with Gasteiger partial charge in [0.1, 0.15) is 11.5 Å². The Bertz CT molecular complexity index is 914. The smallest absolute Gasteiger partial charge is 0.305 e. The monoisotopic (exact) mass is 451 g/mol. The Balaban J connectivity index is 0.000000234. The molecule has 0 spiro atoms. The number of imide groups is 1. The number of rotatable bonds is 10. The van der Waals surface area contributed by atoms with E-state index in [0.717, 1.165) is 37.2 Å². The summed E-state index contributed by atoms with van der Waals surface area (Å²) in [5, 5.41) is 0. The van der Waals surface area contributed by atoms with Crippen molar-refractivity contribution in [3.8, 4) is 11.5 Å². The van der Waals surface area contributed by atoms with Crippen LogP contribution in [-0.2, 0) is 25.5 Å². The zero-order chi connectivity index (χ0) is 24.1. The lowest BCUT2D eigenvalue weighted by molar-refractivity contribution is -0.143. The third-order valence-electron chi connectivity index (χ3n) is 5.06. The number of hydrogen-bond acceptors (Lipinski definition) is 5. The summed E-state index contributed by atoms with van der Waals surface area (Å²) in [5.74, 6) is 1.08. The molecule has 176 valence electrons. The summed E-state index contributed by atoms with van der Waals surface area (Å²) < 4.78 is 10.5. The van der Waals surface area contributed by atoms with E-state index in [4.69, 9.17) is 9.47 Å². The number of hydrogen-bond donors (Lipinski definition) is 0. The van der Waals surface area contributed by atoms with Crippen LogP contribution in [0, 0.1) is 6.92 Å². The molecule has 0 atom stereocenters. The second-order valence-corrected chi connectivity index (χ2v) is 7.69. The van der Waals surface area contributed by atoms with E-state index in [0.29, 0.717) is 19.6 Å². The van der Waals surface area contributed by atoms with E-state index in [1.807, 2.05) is 24.3 Å². The van der Waals surface area contributed by atoms with Gasteiger partial charge in [-0.2, -0.15) is 0 Å². The van der Waals surface area contributed by atoms with E-state index >= 15 is 0 Å². The van der Waals surface area contributed by atoms with Gasteiger partial charge in [0.05, 0.1) is 6.61 Å². The minimum Gasteiger partial charge on any atom is -0.466 e. The van der Waals surface area contributed by atoms with Crippen molar-refractivity contribution in [3.05, 3.63) is 71.8 Å². The SMILES string of the molecule is CCOC(=O)CCCCCN1C(=O)C=CC1=O.CCc1ccc(Oc2ccc(C)cc2)cc1. The first kappa shape index (κ1) is 25.8. The lowest BCUT2D eigenvalue weighted by atomic mass is 10.2.